The van der Waals surface area contributed by atoms with Gasteiger partial charge in [-0.15, -0.1) is 0 Å². The summed E-state index contributed by atoms with van der Waals surface area (Å²) < 4.78 is 10.4. The molecule has 0 radical (unpaired) electrons. The van der Waals surface area contributed by atoms with Crippen LogP contribution in [0.25, 0.3) is 0 Å². The number of nitrogens with one attached hydrogen (secondary N) is 1. The molecule has 0 aromatic carbocycles. The van der Waals surface area contributed by atoms with Crippen molar-refractivity contribution in [2.75, 3.05) is 39.3 Å². The van der Waals surface area contributed by atoms with Crippen molar-refractivity contribution < 1.29 is 13.7 Å². The van der Waals surface area contributed by atoms with Gasteiger partial charge in [0, 0.05) is 45.2 Å². The van der Waals surface area contributed by atoms with E-state index in [0.717, 1.165) is 51.0 Å². The van der Waals surface area contributed by atoms with Crippen LogP contribution in [0, 0.1) is 0 Å². The van der Waals surface area contributed by atoms with Gasteiger partial charge in [-0.1, -0.05) is 5.16 Å². The minimum absolute atomic E-state index is 0.161. The molecule has 8 heteroatoms. The zero-order chi connectivity index (χ0) is 17.1. The van der Waals surface area contributed by atoms with Gasteiger partial charge in [-0.25, -0.2) is 0 Å². The van der Waals surface area contributed by atoms with Crippen molar-refractivity contribution in [3.05, 3.63) is 35.9 Å². The van der Waals surface area contributed by atoms with Gasteiger partial charge in [0.2, 0.25) is 5.89 Å². The number of nitrogens with zero attached hydrogens (tertiary/aromatic N) is 4. The van der Waals surface area contributed by atoms with Crippen LogP contribution in [-0.4, -0.2) is 65.1 Å². The topological polar surface area (TPSA) is 87.6 Å². The maximum Gasteiger partial charge on any atom is 0.287 e. The highest BCUT2D eigenvalue weighted by molar-refractivity contribution is 5.91. The SMILES string of the molecule is O=C(NCCN1CCN(Cc2nc(C3CC3)no2)CC1)c1ccco1. The summed E-state index contributed by atoms with van der Waals surface area (Å²) in [6.45, 7) is 6.06. The smallest absolute Gasteiger partial charge is 0.287 e. The molecule has 2 aliphatic rings. The summed E-state index contributed by atoms with van der Waals surface area (Å²) in [6, 6.07) is 3.38. The zero-order valence-corrected chi connectivity index (χ0v) is 14.2. The molecule has 0 spiro atoms. The molecule has 0 atom stereocenters. The summed E-state index contributed by atoms with van der Waals surface area (Å²) in [4.78, 5) is 21.0. The van der Waals surface area contributed by atoms with E-state index in [4.69, 9.17) is 8.94 Å². The van der Waals surface area contributed by atoms with Crippen molar-refractivity contribution >= 4 is 5.91 Å². The molecule has 2 aromatic rings. The molecule has 4 rings (SSSR count). The minimum atomic E-state index is -0.161. The molecule has 3 heterocycles. The Labute approximate surface area is 146 Å². The number of carbonyl (C=O) groups is 1. The second kappa shape index (κ2) is 7.37. The number of furan rings is 1. The summed E-state index contributed by atoms with van der Waals surface area (Å²) in [5.41, 5.74) is 0. The van der Waals surface area contributed by atoms with Crippen LogP contribution >= 0.6 is 0 Å². The van der Waals surface area contributed by atoms with Gasteiger partial charge >= 0.3 is 0 Å². The summed E-state index contributed by atoms with van der Waals surface area (Å²) >= 11 is 0. The van der Waals surface area contributed by atoms with E-state index in [1.807, 2.05) is 0 Å². The van der Waals surface area contributed by atoms with Gasteiger partial charge in [0.1, 0.15) is 0 Å². The highest BCUT2D eigenvalue weighted by Crippen LogP contribution is 2.38. The molecule has 1 aliphatic carbocycles. The molecular formula is C17H23N5O3. The minimum Gasteiger partial charge on any atom is -0.459 e. The largest absolute Gasteiger partial charge is 0.459 e. The lowest BCUT2D eigenvalue weighted by atomic mass is 10.3. The van der Waals surface area contributed by atoms with Gasteiger partial charge in [0.05, 0.1) is 12.8 Å². The molecule has 0 bridgehead atoms. The van der Waals surface area contributed by atoms with E-state index < -0.39 is 0 Å². The van der Waals surface area contributed by atoms with Crippen LogP contribution in [0.2, 0.25) is 0 Å². The highest BCUT2D eigenvalue weighted by Gasteiger charge is 2.29. The number of piperazine rings is 1. The maximum atomic E-state index is 11.8. The van der Waals surface area contributed by atoms with Gasteiger partial charge in [-0.2, -0.15) is 4.98 Å². The predicted octanol–water partition coefficient (Wildman–Crippen LogP) is 1.09. The number of amides is 1. The third kappa shape index (κ3) is 4.26. The second-order valence-corrected chi connectivity index (χ2v) is 6.67. The Hall–Kier alpha value is -2.19. The zero-order valence-electron chi connectivity index (χ0n) is 14.2. The van der Waals surface area contributed by atoms with Crippen LogP contribution < -0.4 is 5.32 Å². The Kier molecular flexibility index (Phi) is 4.80. The maximum absolute atomic E-state index is 11.8. The molecule has 1 N–H and O–H groups in total. The van der Waals surface area contributed by atoms with Crippen molar-refractivity contribution in [3.8, 4) is 0 Å². The van der Waals surface area contributed by atoms with E-state index in [0.29, 0.717) is 18.2 Å². The van der Waals surface area contributed by atoms with Crippen molar-refractivity contribution in [3.63, 3.8) is 0 Å². The first-order chi connectivity index (χ1) is 12.3. The van der Waals surface area contributed by atoms with Gasteiger partial charge in [0.15, 0.2) is 11.6 Å². The summed E-state index contributed by atoms with van der Waals surface area (Å²) in [6.07, 6.45) is 3.88. The Balaban J connectivity index is 1.15. The van der Waals surface area contributed by atoms with Crippen molar-refractivity contribution in [1.29, 1.82) is 0 Å². The monoisotopic (exact) mass is 345 g/mol. The lowest BCUT2D eigenvalue weighted by Gasteiger charge is -2.33. The number of hydrogen-bond donors (Lipinski definition) is 1. The van der Waals surface area contributed by atoms with Crippen LogP contribution in [0.3, 0.4) is 0 Å². The average molecular weight is 345 g/mol. The third-order valence-corrected chi connectivity index (χ3v) is 4.71. The third-order valence-electron chi connectivity index (χ3n) is 4.71. The lowest BCUT2D eigenvalue weighted by molar-refractivity contribution is 0.0902. The fourth-order valence-electron chi connectivity index (χ4n) is 3.02. The fourth-order valence-corrected chi connectivity index (χ4v) is 3.02. The van der Waals surface area contributed by atoms with Gasteiger partial charge < -0.3 is 14.3 Å². The second-order valence-electron chi connectivity index (χ2n) is 6.67. The quantitative estimate of drug-likeness (QED) is 0.803. The van der Waals surface area contributed by atoms with E-state index in [9.17, 15) is 4.79 Å². The Bertz CT molecular complexity index is 687. The number of carbonyl (C=O) groups excluding carboxylic acids is 1. The summed E-state index contributed by atoms with van der Waals surface area (Å²) in [5, 5.41) is 6.95. The number of hydrogen-bond acceptors (Lipinski definition) is 7. The van der Waals surface area contributed by atoms with Crippen LogP contribution in [0.15, 0.2) is 27.3 Å². The van der Waals surface area contributed by atoms with Crippen LogP contribution in [0.5, 0.6) is 0 Å². The summed E-state index contributed by atoms with van der Waals surface area (Å²) in [7, 11) is 0. The molecule has 1 saturated heterocycles. The number of aromatic nitrogens is 2. The van der Waals surface area contributed by atoms with Gasteiger partial charge in [-0.05, 0) is 25.0 Å². The molecule has 1 aliphatic heterocycles. The highest BCUT2D eigenvalue weighted by atomic mass is 16.5. The van der Waals surface area contributed by atoms with Crippen molar-refractivity contribution in [2.24, 2.45) is 0 Å². The van der Waals surface area contributed by atoms with Crippen LogP contribution in [-0.2, 0) is 6.54 Å². The molecule has 1 saturated carbocycles. The summed E-state index contributed by atoms with van der Waals surface area (Å²) in [5.74, 6) is 2.33. The van der Waals surface area contributed by atoms with E-state index in [1.165, 1.54) is 19.1 Å². The van der Waals surface area contributed by atoms with E-state index in [1.54, 1.807) is 12.1 Å². The molecule has 2 fully saturated rings. The Morgan fingerprint density at radius 1 is 1.24 bits per heavy atom. The van der Waals surface area contributed by atoms with Gasteiger partial charge in [-0.3, -0.25) is 14.6 Å². The van der Waals surface area contributed by atoms with Gasteiger partial charge in [0.25, 0.3) is 5.91 Å². The average Bonchev–Trinajstić information content (AvgIpc) is 3.13. The molecule has 0 unspecified atom stereocenters. The first-order valence-electron chi connectivity index (χ1n) is 8.87. The molecule has 8 nitrogen and oxygen atoms in total. The van der Waals surface area contributed by atoms with Crippen LogP contribution in [0.1, 0.15) is 41.0 Å². The van der Waals surface area contributed by atoms with Crippen molar-refractivity contribution in [2.45, 2.75) is 25.3 Å². The lowest BCUT2D eigenvalue weighted by Crippen LogP contribution is -2.48. The van der Waals surface area contributed by atoms with E-state index >= 15 is 0 Å². The fraction of sp³-hybridized carbons (Fsp3) is 0.588. The predicted molar refractivity (Wildman–Crippen MR) is 89.0 cm³/mol. The molecular weight excluding hydrogens is 322 g/mol. The van der Waals surface area contributed by atoms with E-state index in [-0.39, 0.29) is 5.91 Å². The number of rotatable bonds is 7. The standard InChI is InChI=1S/C17H23N5O3/c23-17(14-2-1-11-24-14)18-5-6-21-7-9-22(10-8-21)12-15-19-16(20-25-15)13-3-4-13/h1-2,11,13H,3-10,12H2,(H,18,23). The Morgan fingerprint density at radius 3 is 2.76 bits per heavy atom. The molecule has 134 valence electrons. The van der Waals surface area contributed by atoms with E-state index in [2.05, 4.69) is 25.3 Å². The first-order valence-corrected chi connectivity index (χ1v) is 8.87. The van der Waals surface area contributed by atoms with Crippen LogP contribution in [0.4, 0.5) is 0 Å². The molecule has 2 aromatic heterocycles. The molecule has 1 amide bonds. The molecule has 25 heavy (non-hydrogen) atoms. The Morgan fingerprint density at radius 2 is 2.04 bits per heavy atom. The normalized spacial score (nSPS) is 19.2. The van der Waals surface area contributed by atoms with Crippen molar-refractivity contribution in [1.82, 2.24) is 25.3 Å². The first kappa shape index (κ1) is 16.3.